The number of hydrogen-bond acceptors (Lipinski definition) is 11. The lowest BCUT2D eigenvalue weighted by Crippen LogP contribution is -2.46. The summed E-state index contributed by atoms with van der Waals surface area (Å²) in [5.41, 5.74) is 3.30. The first-order chi connectivity index (χ1) is 31.9. The number of rotatable bonds is 16. The third-order valence-electron chi connectivity index (χ3n) is 11.8. The fraction of sp³-hybridized carbons (Fsp3) is 0.347. The number of esters is 1. The molecule has 18 heteroatoms. The van der Waals surface area contributed by atoms with Gasteiger partial charge in [0.05, 0.1) is 22.3 Å². The van der Waals surface area contributed by atoms with Gasteiger partial charge in [-0.05, 0) is 118 Å². The third kappa shape index (κ3) is 11.6. The van der Waals surface area contributed by atoms with Gasteiger partial charge in [-0.15, -0.1) is 0 Å². The topological polar surface area (TPSA) is 204 Å². The molecule has 352 valence electrons. The van der Waals surface area contributed by atoms with Crippen molar-refractivity contribution < 1.29 is 33.7 Å². The molecule has 0 unspecified atom stereocenters. The van der Waals surface area contributed by atoms with Gasteiger partial charge in [-0.1, -0.05) is 61.3 Å². The molecule has 2 aromatic heterocycles. The Morgan fingerprint density at radius 2 is 1.72 bits per heavy atom. The highest BCUT2D eigenvalue weighted by Gasteiger charge is 2.30. The van der Waals surface area contributed by atoms with Crippen LogP contribution in [0.15, 0.2) is 89.4 Å². The first-order valence-electron chi connectivity index (χ1n) is 22.1. The predicted octanol–water partition coefficient (Wildman–Crippen LogP) is 7.95. The summed E-state index contributed by atoms with van der Waals surface area (Å²) in [4.78, 5) is 59.6. The van der Waals surface area contributed by atoms with E-state index < -0.39 is 35.5 Å². The van der Waals surface area contributed by atoms with Crippen molar-refractivity contribution in [2.75, 3.05) is 25.0 Å². The van der Waals surface area contributed by atoms with Crippen LogP contribution in [0.4, 0.5) is 10.2 Å². The van der Waals surface area contributed by atoms with Crippen LogP contribution in [-0.4, -0.2) is 84.4 Å². The van der Waals surface area contributed by atoms with Gasteiger partial charge in [0.1, 0.15) is 35.8 Å². The van der Waals surface area contributed by atoms with Gasteiger partial charge in [0, 0.05) is 52.5 Å². The van der Waals surface area contributed by atoms with Crippen molar-refractivity contribution >= 4 is 52.4 Å². The van der Waals surface area contributed by atoms with Crippen molar-refractivity contribution in [2.45, 2.75) is 84.5 Å². The zero-order valence-corrected chi connectivity index (χ0v) is 39.2. The normalized spacial score (nSPS) is 15.3. The van der Waals surface area contributed by atoms with Crippen LogP contribution in [0.3, 0.4) is 0 Å². The standard InChI is InChI=1S/C49H53Cl2FN8O7/c1-26(2)36-20-38(43(62)22-42(36)61)45-57-58-49(66)60(45)35-12-11-33(40(52)19-35)24-59-15-13-29(14-16-59)46(63)55-28(5)48(65)67-25-41(31-7-6-8-34(50)18-31)56-47(64)32-10-9-30(17-32)37-21-44(54-27(3)4)53-23-39(37)51/h6-9,11-12,17-23,26-29,41,61-62H,10,13-16,24-25H2,1-5H3,(H,53,54)(H,55,63)(H,56,64)(H,58,66)/t28-,41-/m1/s1. The molecular weight excluding hydrogens is 902 g/mol. The summed E-state index contributed by atoms with van der Waals surface area (Å²) < 4.78 is 22.5. The number of aromatic amines is 1. The summed E-state index contributed by atoms with van der Waals surface area (Å²) in [6, 6.07) is 14.3. The van der Waals surface area contributed by atoms with E-state index >= 15 is 4.39 Å². The number of piperidine rings is 1. The molecule has 1 aliphatic carbocycles. The number of carbonyl (C=O) groups excluding carboxylic acids is 3. The van der Waals surface area contributed by atoms with Gasteiger partial charge in [0.15, 0.2) is 5.82 Å². The Labute approximate surface area is 397 Å². The van der Waals surface area contributed by atoms with Crippen molar-refractivity contribution in [3.8, 4) is 28.6 Å². The molecule has 2 amide bonds. The SMILES string of the molecule is CC(C)Nc1cc(C2=CCC(C(=O)N[C@H](COC(=O)[C@@H](C)NC(=O)C3CCN(Cc4ccc(-n5c(-c6cc(C(C)C)c(O)cc6O)n[nH]c5=O)cc4F)CC3)c3cccc(Cl)c3)=C2)c(Cl)cn1. The lowest BCUT2D eigenvalue weighted by molar-refractivity contribution is -0.149. The quantitative estimate of drug-likeness (QED) is 0.0524. The van der Waals surface area contributed by atoms with Crippen molar-refractivity contribution in [1.29, 1.82) is 0 Å². The van der Waals surface area contributed by atoms with E-state index in [0.717, 1.165) is 15.7 Å². The molecule has 67 heavy (non-hydrogen) atoms. The van der Waals surface area contributed by atoms with E-state index in [2.05, 4.69) is 31.1 Å². The van der Waals surface area contributed by atoms with Gasteiger partial charge in [0.2, 0.25) is 11.8 Å². The first kappa shape index (κ1) is 48.4. The number of phenols is 2. The van der Waals surface area contributed by atoms with Crippen molar-refractivity contribution in [3.05, 3.63) is 133 Å². The van der Waals surface area contributed by atoms with Gasteiger partial charge in [0.25, 0.3) is 0 Å². The molecule has 5 aromatic rings. The minimum atomic E-state index is -0.989. The molecule has 1 saturated heterocycles. The van der Waals surface area contributed by atoms with E-state index in [1.165, 1.54) is 19.1 Å². The van der Waals surface area contributed by atoms with Gasteiger partial charge in [-0.2, -0.15) is 5.10 Å². The van der Waals surface area contributed by atoms with Crippen LogP contribution in [0.25, 0.3) is 22.6 Å². The van der Waals surface area contributed by atoms with Gasteiger partial charge >= 0.3 is 11.7 Å². The highest BCUT2D eigenvalue weighted by Crippen LogP contribution is 2.38. The number of ether oxygens (including phenoxy) is 1. The van der Waals surface area contributed by atoms with Crippen LogP contribution >= 0.6 is 23.2 Å². The Morgan fingerprint density at radius 1 is 0.955 bits per heavy atom. The molecule has 1 aliphatic heterocycles. The van der Waals surface area contributed by atoms with Crippen LogP contribution in [0.5, 0.6) is 11.5 Å². The second-order valence-electron chi connectivity index (χ2n) is 17.4. The van der Waals surface area contributed by atoms with Gasteiger partial charge < -0.3 is 30.9 Å². The number of anilines is 1. The number of nitrogens with zero attached hydrogens (tertiary/aromatic N) is 4. The predicted molar refractivity (Wildman–Crippen MR) is 255 cm³/mol. The second-order valence-corrected chi connectivity index (χ2v) is 18.3. The Hall–Kier alpha value is -6.49. The van der Waals surface area contributed by atoms with Crippen LogP contribution in [0, 0.1) is 11.7 Å². The number of phenolic OH excluding ortho intramolecular Hbond substituents is 2. The molecule has 0 spiro atoms. The highest BCUT2D eigenvalue weighted by molar-refractivity contribution is 6.32. The average molecular weight is 956 g/mol. The number of aromatic nitrogens is 4. The monoisotopic (exact) mass is 954 g/mol. The number of hydrogen-bond donors (Lipinski definition) is 6. The summed E-state index contributed by atoms with van der Waals surface area (Å²) in [6.45, 7) is 10.3. The summed E-state index contributed by atoms with van der Waals surface area (Å²) in [5.74, 6) is -2.06. The maximum Gasteiger partial charge on any atom is 0.348 e. The number of carbonyl (C=O) groups is 3. The van der Waals surface area contributed by atoms with E-state index in [1.807, 2.05) is 44.7 Å². The number of H-pyrrole nitrogens is 1. The molecule has 6 N–H and O–H groups in total. The summed E-state index contributed by atoms with van der Waals surface area (Å²) in [7, 11) is 0. The van der Waals surface area contributed by atoms with E-state index in [0.29, 0.717) is 70.5 Å². The lowest BCUT2D eigenvalue weighted by atomic mass is 9.95. The molecule has 15 nitrogen and oxygen atoms in total. The molecule has 3 heterocycles. The van der Waals surface area contributed by atoms with E-state index in [-0.39, 0.29) is 65.5 Å². The van der Waals surface area contributed by atoms with Crippen LogP contribution in [-0.2, 0) is 25.7 Å². The number of pyridine rings is 1. The molecular formula is C49H53Cl2FN8O7. The molecule has 7 rings (SSSR count). The average Bonchev–Trinajstić information content (AvgIpc) is 3.93. The Balaban J connectivity index is 0.919. The molecule has 1 fully saturated rings. The lowest BCUT2D eigenvalue weighted by Gasteiger charge is -2.31. The van der Waals surface area contributed by atoms with Crippen LogP contribution in [0.1, 0.15) is 88.1 Å². The number of amides is 2. The fourth-order valence-electron chi connectivity index (χ4n) is 8.13. The number of halogens is 3. The third-order valence-corrected chi connectivity index (χ3v) is 12.3. The molecule has 3 aromatic carbocycles. The number of benzene rings is 3. The summed E-state index contributed by atoms with van der Waals surface area (Å²) in [6.07, 6.45) is 6.54. The van der Waals surface area contributed by atoms with E-state index in [4.69, 9.17) is 27.9 Å². The second kappa shape index (κ2) is 21.0. The van der Waals surface area contributed by atoms with Crippen molar-refractivity contribution in [3.63, 3.8) is 0 Å². The zero-order valence-electron chi connectivity index (χ0n) is 37.7. The van der Waals surface area contributed by atoms with E-state index in [9.17, 15) is 29.4 Å². The molecule has 0 radical (unpaired) electrons. The summed E-state index contributed by atoms with van der Waals surface area (Å²) >= 11 is 12.8. The Bertz CT molecular complexity index is 2800. The smallest absolute Gasteiger partial charge is 0.348 e. The summed E-state index contributed by atoms with van der Waals surface area (Å²) in [5, 5.41) is 37.3. The minimum absolute atomic E-state index is 0.0531. The zero-order chi connectivity index (χ0) is 48.1. The van der Waals surface area contributed by atoms with Crippen LogP contribution < -0.4 is 21.6 Å². The van der Waals surface area contributed by atoms with E-state index in [1.54, 1.807) is 54.7 Å². The maximum atomic E-state index is 15.7. The first-order valence-corrected chi connectivity index (χ1v) is 22.8. The minimum Gasteiger partial charge on any atom is -0.508 e. The number of nitrogens with one attached hydrogen (secondary N) is 4. The molecule has 0 saturated carbocycles. The van der Waals surface area contributed by atoms with Crippen LogP contribution in [0.2, 0.25) is 10.0 Å². The number of aromatic hydroxyl groups is 2. The number of allylic oxidation sites excluding steroid dienone is 3. The Kier molecular flexibility index (Phi) is 15.2. The molecule has 2 atom stereocenters. The molecule has 0 bridgehead atoms. The fourth-order valence-corrected chi connectivity index (χ4v) is 8.54. The van der Waals surface area contributed by atoms with Crippen molar-refractivity contribution in [1.82, 2.24) is 35.3 Å². The number of likely N-dealkylation sites (tertiary alicyclic amines) is 1. The highest BCUT2D eigenvalue weighted by atomic mass is 35.5. The Morgan fingerprint density at radius 3 is 2.42 bits per heavy atom. The molecule has 2 aliphatic rings. The largest absolute Gasteiger partial charge is 0.508 e. The van der Waals surface area contributed by atoms with Gasteiger partial charge in [-0.25, -0.2) is 28.6 Å². The van der Waals surface area contributed by atoms with Crippen molar-refractivity contribution in [2.24, 2.45) is 5.92 Å². The maximum absolute atomic E-state index is 15.7. The van der Waals surface area contributed by atoms with Gasteiger partial charge in [-0.3, -0.25) is 14.5 Å².